The number of fused-ring (bicyclic) bond motifs is 3. The molecule has 3 nitrogen and oxygen atoms in total. The van der Waals surface area contributed by atoms with E-state index < -0.39 is 0 Å². The zero-order valence-electron chi connectivity index (χ0n) is 15.6. The van der Waals surface area contributed by atoms with Crippen LogP contribution in [-0.4, -0.2) is 5.97 Å². The molecule has 3 heteroatoms. The number of carbonyl (C=O) groups excluding carboxylic acids is 1. The van der Waals surface area contributed by atoms with Crippen molar-refractivity contribution in [1.82, 2.24) is 0 Å². The number of rotatable bonds is 2. The smallest absolute Gasteiger partial charge is 0.343 e. The van der Waals surface area contributed by atoms with E-state index >= 15 is 0 Å². The van der Waals surface area contributed by atoms with Crippen LogP contribution in [0.25, 0.3) is 11.0 Å². The van der Waals surface area contributed by atoms with E-state index in [1.54, 1.807) is 6.07 Å². The minimum Gasteiger partial charge on any atom is -0.461 e. The molecule has 1 aromatic heterocycles. The van der Waals surface area contributed by atoms with Gasteiger partial charge in [0.2, 0.25) is 0 Å². The Kier molecular flexibility index (Phi) is 4.10. The van der Waals surface area contributed by atoms with Crippen LogP contribution in [0.4, 0.5) is 0 Å². The predicted octanol–water partition coefficient (Wildman–Crippen LogP) is 5.83. The van der Waals surface area contributed by atoms with E-state index in [1.165, 1.54) is 24.0 Å². The average molecular weight is 348 g/mol. The second-order valence-corrected chi connectivity index (χ2v) is 8.09. The van der Waals surface area contributed by atoms with Crippen molar-refractivity contribution >= 4 is 16.9 Å². The molecule has 1 aliphatic carbocycles. The van der Waals surface area contributed by atoms with E-state index in [9.17, 15) is 4.79 Å². The number of furan rings is 1. The third-order valence-electron chi connectivity index (χ3n) is 5.12. The highest BCUT2D eigenvalue weighted by Crippen LogP contribution is 2.34. The van der Waals surface area contributed by atoms with Crippen molar-refractivity contribution in [2.75, 3.05) is 0 Å². The molecule has 0 unspecified atom stereocenters. The van der Waals surface area contributed by atoms with Gasteiger partial charge in [-0.2, -0.15) is 0 Å². The molecule has 0 saturated heterocycles. The molecule has 26 heavy (non-hydrogen) atoms. The third kappa shape index (κ3) is 3.14. The first-order valence-electron chi connectivity index (χ1n) is 9.29. The normalized spacial score (nSPS) is 14.3. The molecule has 0 fully saturated rings. The van der Waals surface area contributed by atoms with E-state index in [0.717, 1.165) is 29.6 Å². The van der Waals surface area contributed by atoms with Crippen LogP contribution in [-0.2, 0) is 18.3 Å². The molecule has 0 bridgehead atoms. The van der Waals surface area contributed by atoms with Gasteiger partial charge in [0, 0.05) is 17.4 Å². The molecule has 0 atom stereocenters. The van der Waals surface area contributed by atoms with Crippen molar-refractivity contribution in [3.8, 4) is 5.75 Å². The summed E-state index contributed by atoms with van der Waals surface area (Å²) in [7, 11) is 0. The fourth-order valence-electron chi connectivity index (χ4n) is 3.58. The molecule has 0 saturated carbocycles. The van der Waals surface area contributed by atoms with E-state index in [4.69, 9.17) is 9.15 Å². The Hall–Kier alpha value is -2.55. The summed E-state index contributed by atoms with van der Waals surface area (Å²) in [6, 6.07) is 13.3. The van der Waals surface area contributed by atoms with Crippen molar-refractivity contribution in [3.63, 3.8) is 0 Å². The van der Waals surface area contributed by atoms with Crippen LogP contribution in [0.2, 0.25) is 0 Å². The Morgan fingerprint density at radius 1 is 1.00 bits per heavy atom. The average Bonchev–Trinajstić information content (AvgIpc) is 2.99. The minimum atomic E-state index is -0.331. The molecule has 1 aliphatic rings. The Labute approximate surface area is 154 Å². The van der Waals surface area contributed by atoms with Crippen LogP contribution in [0, 0.1) is 0 Å². The molecular formula is C23H24O3. The van der Waals surface area contributed by atoms with Crippen LogP contribution in [0.5, 0.6) is 5.75 Å². The maximum atomic E-state index is 12.5. The highest BCUT2D eigenvalue weighted by atomic mass is 16.5. The molecule has 0 radical (unpaired) electrons. The Balaban J connectivity index is 1.57. The first-order chi connectivity index (χ1) is 12.4. The molecule has 0 spiro atoms. The molecular weight excluding hydrogens is 324 g/mol. The summed E-state index contributed by atoms with van der Waals surface area (Å²) in [6.07, 6.45) is 4.40. The minimum absolute atomic E-state index is 0.0633. The molecule has 3 aromatic rings. The SMILES string of the molecule is CC(C)(C)c1ccc(C(=O)Oc2ccc3oc4c(c3c2)CCCC4)cc1. The third-order valence-corrected chi connectivity index (χ3v) is 5.12. The summed E-state index contributed by atoms with van der Waals surface area (Å²) in [5.41, 5.74) is 3.98. The lowest BCUT2D eigenvalue weighted by Crippen LogP contribution is -2.12. The van der Waals surface area contributed by atoms with Gasteiger partial charge in [0.1, 0.15) is 17.1 Å². The van der Waals surface area contributed by atoms with Crippen molar-refractivity contribution < 1.29 is 13.9 Å². The second kappa shape index (κ2) is 6.31. The van der Waals surface area contributed by atoms with Gasteiger partial charge in [-0.1, -0.05) is 32.9 Å². The standard InChI is InChI=1S/C23H24O3/c1-23(2,3)16-10-8-15(9-11-16)22(24)25-17-12-13-21-19(14-17)18-6-4-5-7-20(18)26-21/h8-14H,4-7H2,1-3H3. The van der Waals surface area contributed by atoms with Gasteiger partial charge in [-0.25, -0.2) is 4.79 Å². The summed E-state index contributed by atoms with van der Waals surface area (Å²) in [4.78, 5) is 12.5. The van der Waals surface area contributed by atoms with Crippen molar-refractivity contribution in [2.45, 2.75) is 51.9 Å². The summed E-state index contributed by atoms with van der Waals surface area (Å²) < 4.78 is 11.6. The molecule has 0 amide bonds. The van der Waals surface area contributed by atoms with Crippen LogP contribution in [0.15, 0.2) is 46.9 Å². The summed E-state index contributed by atoms with van der Waals surface area (Å²) in [5, 5.41) is 1.08. The summed E-state index contributed by atoms with van der Waals surface area (Å²) in [5.74, 6) is 1.33. The lowest BCUT2D eigenvalue weighted by Gasteiger charge is -2.18. The molecule has 0 N–H and O–H groups in total. The zero-order chi connectivity index (χ0) is 18.3. The summed E-state index contributed by atoms with van der Waals surface area (Å²) >= 11 is 0. The highest BCUT2D eigenvalue weighted by molar-refractivity contribution is 5.92. The van der Waals surface area contributed by atoms with Crippen LogP contribution < -0.4 is 4.74 Å². The van der Waals surface area contributed by atoms with Crippen molar-refractivity contribution in [2.24, 2.45) is 0 Å². The molecule has 2 aromatic carbocycles. The quantitative estimate of drug-likeness (QED) is 0.432. The van der Waals surface area contributed by atoms with Gasteiger partial charge >= 0.3 is 5.97 Å². The summed E-state index contributed by atoms with van der Waals surface area (Å²) in [6.45, 7) is 6.46. The second-order valence-electron chi connectivity index (χ2n) is 8.09. The topological polar surface area (TPSA) is 39.4 Å². The molecule has 1 heterocycles. The van der Waals surface area contributed by atoms with Gasteiger partial charge in [-0.05, 0) is 60.6 Å². The van der Waals surface area contributed by atoms with E-state index in [-0.39, 0.29) is 11.4 Å². The maximum Gasteiger partial charge on any atom is 0.343 e. The first-order valence-corrected chi connectivity index (χ1v) is 9.29. The number of hydrogen-bond donors (Lipinski definition) is 0. The fourth-order valence-corrected chi connectivity index (χ4v) is 3.58. The van der Waals surface area contributed by atoms with Gasteiger partial charge in [-0.3, -0.25) is 0 Å². The van der Waals surface area contributed by atoms with E-state index in [0.29, 0.717) is 11.3 Å². The Bertz CT molecular complexity index is 956. The first kappa shape index (κ1) is 16.9. The van der Waals surface area contributed by atoms with Crippen LogP contribution >= 0.6 is 0 Å². The number of esters is 1. The number of carbonyl (C=O) groups is 1. The molecule has 4 rings (SSSR count). The Morgan fingerprint density at radius 3 is 2.46 bits per heavy atom. The van der Waals surface area contributed by atoms with Gasteiger partial charge < -0.3 is 9.15 Å². The van der Waals surface area contributed by atoms with Gasteiger partial charge in [-0.15, -0.1) is 0 Å². The van der Waals surface area contributed by atoms with Gasteiger partial charge in [0.15, 0.2) is 0 Å². The Morgan fingerprint density at radius 2 is 1.73 bits per heavy atom. The zero-order valence-corrected chi connectivity index (χ0v) is 15.6. The van der Waals surface area contributed by atoms with Gasteiger partial charge in [0.05, 0.1) is 5.56 Å². The van der Waals surface area contributed by atoms with Crippen molar-refractivity contribution in [3.05, 3.63) is 64.9 Å². The lowest BCUT2D eigenvalue weighted by atomic mass is 9.87. The van der Waals surface area contributed by atoms with E-state index in [1.807, 2.05) is 36.4 Å². The molecule has 0 aliphatic heterocycles. The van der Waals surface area contributed by atoms with E-state index in [2.05, 4.69) is 20.8 Å². The highest BCUT2D eigenvalue weighted by Gasteiger charge is 2.19. The maximum absolute atomic E-state index is 12.5. The largest absolute Gasteiger partial charge is 0.461 e. The molecule has 134 valence electrons. The fraction of sp³-hybridized carbons (Fsp3) is 0.348. The van der Waals surface area contributed by atoms with Crippen LogP contribution in [0.3, 0.4) is 0 Å². The number of benzene rings is 2. The van der Waals surface area contributed by atoms with Gasteiger partial charge in [0.25, 0.3) is 0 Å². The number of aryl methyl sites for hydroxylation is 2. The lowest BCUT2D eigenvalue weighted by molar-refractivity contribution is 0.0735. The van der Waals surface area contributed by atoms with Crippen LogP contribution in [0.1, 0.15) is 60.9 Å². The number of ether oxygens (including phenoxy) is 1. The number of hydrogen-bond acceptors (Lipinski definition) is 3. The van der Waals surface area contributed by atoms with Crippen molar-refractivity contribution in [1.29, 1.82) is 0 Å². The predicted molar refractivity (Wildman–Crippen MR) is 103 cm³/mol. The monoisotopic (exact) mass is 348 g/mol.